The van der Waals surface area contributed by atoms with Crippen LogP contribution in [-0.4, -0.2) is 41.2 Å². The third-order valence-corrected chi connectivity index (χ3v) is 3.07. The molecule has 0 saturated carbocycles. The van der Waals surface area contributed by atoms with Crippen LogP contribution in [0.3, 0.4) is 0 Å². The van der Waals surface area contributed by atoms with Crippen LogP contribution in [0.1, 0.15) is 38.1 Å². The topological polar surface area (TPSA) is 49.8 Å². The first-order chi connectivity index (χ1) is 8.86. The van der Waals surface area contributed by atoms with E-state index in [0.717, 1.165) is 13.1 Å². The monoisotopic (exact) mass is 265 g/mol. The number of nitrogens with zero attached hydrogens (tertiary/aromatic N) is 1. The van der Waals surface area contributed by atoms with E-state index in [1.165, 1.54) is 0 Å². The minimum Gasteiger partial charge on any atom is -0.491 e. The minimum atomic E-state index is -0.959. The van der Waals surface area contributed by atoms with Gasteiger partial charge in [-0.25, -0.2) is 4.79 Å². The number of hydrogen-bond donors (Lipinski definition) is 1. The predicted octanol–water partition coefficient (Wildman–Crippen LogP) is 2.88. The maximum absolute atomic E-state index is 11.0. The van der Waals surface area contributed by atoms with Crippen LogP contribution in [0, 0.1) is 0 Å². The third-order valence-electron chi connectivity index (χ3n) is 3.07. The fourth-order valence-corrected chi connectivity index (χ4v) is 2.00. The van der Waals surface area contributed by atoms with Gasteiger partial charge in [-0.2, -0.15) is 0 Å². The van der Waals surface area contributed by atoms with Crippen molar-refractivity contribution in [3.05, 3.63) is 29.8 Å². The molecule has 0 spiro atoms. The third kappa shape index (κ3) is 4.56. The number of benzene rings is 1. The van der Waals surface area contributed by atoms with Crippen molar-refractivity contribution in [1.82, 2.24) is 4.90 Å². The number of hydrogen-bond acceptors (Lipinski definition) is 3. The zero-order valence-electron chi connectivity index (χ0n) is 12.1. The lowest BCUT2D eigenvalue weighted by molar-refractivity contribution is 0.0689. The molecule has 1 rings (SSSR count). The number of para-hydroxylation sites is 1. The molecule has 0 aliphatic carbocycles. The highest BCUT2D eigenvalue weighted by molar-refractivity contribution is 5.90. The molecular weight excluding hydrogens is 242 g/mol. The van der Waals surface area contributed by atoms with E-state index in [1.54, 1.807) is 24.3 Å². The zero-order chi connectivity index (χ0) is 14.5. The summed E-state index contributed by atoms with van der Waals surface area (Å²) in [6, 6.07) is 6.72. The Kier molecular flexibility index (Phi) is 5.36. The zero-order valence-corrected chi connectivity index (χ0v) is 12.1. The molecular formula is C15H23NO3. The molecule has 106 valence electrons. The normalized spacial score (nSPS) is 11.6. The smallest absolute Gasteiger partial charge is 0.339 e. The molecule has 0 fully saturated rings. The molecule has 0 aliphatic rings. The summed E-state index contributed by atoms with van der Waals surface area (Å²) in [5, 5.41) is 9.06. The molecule has 19 heavy (non-hydrogen) atoms. The van der Waals surface area contributed by atoms with E-state index in [9.17, 15) is 4.79 Å². The first-order valence-corrected chi connectivity index (χ1v) is 6.56. The number of aromatic carboxylic acids is 1. The van der Waals surface area contributed by atoms with Gasteiger partial charge in [-0.1, -0.05) is 19.1 Å². The highest BCUT2D eigenvalue weighted by Gasteiger charge is 2.19. The van der Waals surface area contributed by atoms with E-state index in [1.807, 2.05) is 0 Å². The van der Waals surface area contributed by atoms with Crippen molar-refractivity contribution in [3.8, 4) is 5.75 Å². The van der Waals surface area contributed by atoms with Crippen molar-refractivity contribution in [3.63, 3.8) is 0 Å². The summed E-state index contributed by atoms with van der Waals surface area (Å²) in [7, 11) is 0. The molecule has 4 nitrogen and oxygen atoms in total. The van der Waals surface area contributed by atoms with Gasteiger partial charge in [0.2, 0.25) is 0 Å². The summed E-state index contributed by atoms with van der Waals surface area (Å²) in [5.74, 6) is -0.529. The Balaban J connectivity index is 2.61. The van der Waals surface area contributed by atoms with Crippen molar-refractivity contribution < 1.29 is 14.6 Å². The number of ether oxygens (including phenoxy) is 1. The summed E-state index contributed by atoms with van der Waals surface area (Å²) in [6.45, 7) is 10.8. The van der Waals surface area contributed by atoms with E-state index < -0.39 is 5.97 Å². The Morgan fingerprint density at radius 1 is 1.32 bits per heavy atom. The van der Waals surface area contributed by atoms with Crippen LogP contribution in [0.15, 0.2) is 24.3 Å². The van der Waals surface area contributed by atoms with Crippen molar-refractivity contribution in [2.75, 3.05) is 19.7 Å². The Morgan fingerprint density at radius 2 is 1.95 bits per heavy atom. The first kappa shape index (κ1) is 15.5. The second-order valence-corrected chi connectivity index (χ2v) is 5.40. The van der Waals surface area contributed by atoms with Crippen molar-refractivity contribution in [2.24, 2.45) is 0 Å². The molecule has 0 aromatic heterocycles. The fourth-order valence-electron chi connectivity index (χ4n) is 2.00. The molecule has 4 heteroatoms. The SMILES string of the molecule is CCN(CCOc1ccccc1C(=O)O)C(C)(C)C. The van der Waals surface area contributed by atoms with Gasteiger partial charge in [0.25, 0.3) is 0 Å². The number of rotatable bonds is 6. The first-order valence-electron chi connectivity index (χ1n) is 6.56. The van der Waals surface area contributed by atoms with Gasteiger partial charge in [0, 0.05) is 12.1 Å². The van der Waals surface area contributed by atoms with Gasteiger partial charge >= 0.3 is 5.97 Å². The lowest BCUT2D eigenvalue weighted by atomic mass is 10.1. The van der Waals surface area contributed by atoms with Gasteiger partial charge in [0.1, 0.15) is 17.9 Å². The highest BCUT2D eigenvalue weighted by Crippen LogP contribution is 2.18. The average molecular weight is 265 g/mol. The van der Waals surface area contributed by atoms with Crippen LogP contribution < -0.4 is 4.74 Å². The second kappa shape index (κ2) is 6.57. The van der Waals surface area contributed by atoms with Crippen molar-refractivity contribution >= 4 is 5.97 Å². The minimum absolute atomic E-state index is 0.0877. The molecule has 0 aliphatic heterocycles. The Bertz CT molecular complexity index is 424. The van der Waals surface area contributed by atoms with Crippen LogP contribution >= 0.6 is 0 Å². The molecule has 0 heterocycles. The maximum Gasteiger partial charge on any atom is 0.339 e. The number of likely N-dealkylation sites (N-methyl/N-ethyl adjacent to an activating group) is 1. The number of carboxylic acids is 1. The number of carbonyl (C=O) groups is 1. The van der Waals surface area contributed by atoms with E-state index in [2.05, 4.69) is 32.6 Å². The van der Waals surface area contributed by atoms with Gasteiger partial charge in [-0.15, -0.1) is 0 Å². The number of carboxylic acid groups (broad SMARTS) is 1. The van der Waals surface area contributed by atoms with E-state index in [0.29, 0.717) is 12.4 Å². The summed E-state index contributed by atoms with van der Waals surface area (Å²) in [5.41, 5.74) is 0.297. The second-order valence-electron chi connectivity index (χ2n) is 5.40. The molecule has 1 N–H and O–H groups in total. The van der Waals surface area contributed by atoms with Crippen LogP contribution in [0.4, 0.5) is 0 Å². The van der Waals surface area contributed by atoms with Gasteiger partial charge in [0.05, 0.1) is 0 Å². The summed E-state index contributed by atoms with van der Waals surface area (Å²) < 4.78 is 5.60. The lowest BCUT2D eigenvalue weighted by Crippen LogP contribution is -2.43. The molecule has 0 bridgehead atoms. The van der Waals surface area contributed by atoms with E-state index in [-0.39, 0.29) is 11.1 Å². The maximum atomic E-state index is 11.0. The van der Waals surface area contributed by atoms with Crippen LogP contribution in [0.5, 0.6) is 5.75 Å². The van der Waals surface area contributed by atoms with Crippen LogP contribution in [0.25, 0.3) is 0 Å². The summed E-state index contributed by atoms with van der Waals surface area (Å²) >= 11 is 0. The van der Waals surface area contributed by atoms with Crippen molar-refractivity contribution in [1.29, 1.82) is 0 Å². The molecule has 0 saturated heterocycles. The molecule has 0 amide bonds. The van der Waals surface area contributed by atoms with Crippen molar-refractivity contribution in [2.45, 2.75) is 33.2 Å². The molecule has 1 aromatic rings. The van der Waals surface area contributed by atoms with Gasteiger partial charge in [-0.05, 0) is 39.4 Å². The standard InChI is InChI=1S/C15H23NO3/c1-5-16(15(2,3)4)10-11-19-13-9-7-6-8-12(13)14(17)18/h6-9H,5,10-11H2,1-4H3,(H,17,18). The summed E-state index contributed by atoms with van der Waals surface area (Å²) in [6.07, 6.45) is 0. The van der Waals surface area contributed by atoms with Gasteiger partial charge in [-0.3, -0.25) is 4.90 Å². The molecule has 0 radical (unpaired) electrons. The summed E-state index contributed by atoms with van der Waals surface area (Å²) in [4.78, 5) is 13.3. The fraction of sp³-hybridized carbons (Fsp3) is 0.533. The molecule has 0 atom stereocenters. The molecule has 0 unspecified atom stereocenters. The van der Waals surface area contributed by atoms with Crippen LogP contribution in [-0.2, 0) is 0 Å². The van der Waals surface area contributed by atoms with Gasteiger partial charge in [0.15, 0.2) is 0 Å². The quantitative estimate of drug-likeness (QED) is 0.859. The van der Waals surface area contributed by atoms with Crippen LogP contribution in [0.2, 0.25) is 0 Å². The highest BCUT2D eigenvalue weighted by atomic mass is 16.5. The predicted molar refractivity (Wildman–Crippen MR) is 75.9 cm³/mol. The van der Waals surface area contributed by atoms with E-state index >= 15 is 0 Å². The molecule has 1 aromatic carbocycles. The van der Waals surface area contributed by atoms with Gasteiger partial charge < -0.3 is 9.84 Å². The largest absolute Gasteiger partial charge is 0.491 e. The lowest BCUT2D eigenvalue weighted by Gasteiger charge is -2.34. The Hall–Kier alpha value is -1.55. The Morgan fingerprint density at radius 3 is 2.47 bits per heavy atom. The Labute approximate surface area is 115 Å². The average Bonchev–Trinajstić information content (AvgIpc) is 2.33. The van der Waals surface area contributed by atoms with E-state index in [4.69, 9.17) is 9.84 Å².